The molecule has 42 heavy (non-hydrogen) atoms. The van der Waals surface area contributed by atoms with E-state index in [0.717, 1.165) is 22.4 Å². The zero-order valence-electron chi connectivity index (χ0n) is 25.8. The number of nitrogens with zero attached hydrogens (tertiary/aromatic N) is 2. The van der Waals surface area contributed by atoms with Crippen molar-refractivity contribution in [1.82, 2.24) is 9.88 Å². The summed E-state index contributed by atoms with van der Waals surface area (Å²) in [5.41, 5.74) is 3.83. The minimum Gasteiger partial charge on any atom is -0.485 e. The Bertz CT molecular complexity index is 1360. The van der Waals surface area contributed by atoms with Gasteiger partial charge in [-0.05, 0) is 71.2 Å². The van der Waals surface area contributed by atoms with Crippen molar-refractivity contribution in [3.05, 3.63) is 77.1 Å². The molecule has 9 nitrogen and oxygen atoms in total. The Morgan fingerprint density at radius 2 is 1.67 bits per heavy atom. The van der Waals surface area contributed by atoms with Crippen molar-refractivity contribution < 1.29 is 33.6 Å². The van der Waals surface area contributed by atoms with Gasteiger partial charge in [0.1, 0.15) is 24.9 Å². The Morgan fingerprint density at radius 1 is 1.00 bits per heavy atom. The fourth-order valence-electron chi connectivity index (χ4n) is 4.30. The highest BCUT2D eigenvalue weighted by atomic mass is 16.6. The second kappa shape index (κ2) is 14.2. The number of rotatable bonds is 11. The first-order valence-electron chi connectivity index (χ1n) is 14.0. The highest BCUT2D eigenvalue weighted by Crippen LogP contribution is 2.32. The average Bonchev–Trinajstić information content (AvgIpc) is 2.92. The van der Waals surface area contributed by atoms with Crippen molar-refractivity contribution in [2.45, 2.75) is 72.8 Å². The first kappa shape index (κ1) is 32.4. The van der Waals surface area contributed by atoms with Crippen LogP contribution >= 0.6 is 0 Å². The summed E-state index contributed by atoms with van der Waals surface area (Å²) in [5, 5.41) is 10.7. The summed E-state index contributed by atoms with van der Waals surface area (Å²) < 4.78 is 22.6. The maximum Gasteiger partial charge on any atom is 0.410 e. The molecule has 3 rings (SSSR count). The highest BCUT2D eigenvalue weighted by molar-refractivity contribution is 5.97. The lowest BCUT2D eigenvalue weighted by Crippen LogP contribution is -2.46. The van der Waals surface area contributed by atoms with Gasteiger partial charge >= 0.3 is 12.1 Å². The van der Waals surface area contributed by atoms with Crippen molar-refractivity contribution in [2.75, 3.05) is 20.3 Å². The average molecular weight is 579 g/mol. The molecule has 0 fully saturated rings. The van der Waals surface area contributed by atoms with Gasteiger partial charge < -0.3 is 29.0 Å². The predicted molar refractivity (Wildman–Crippen MR) is 161 cm³/mol. The van der Waals surface area contributed by atoms with E-state index in [-0.39, 0.29) is 31.8 Å². The number of aromatic nitrogens is 1. The predicted octanol–water partition coefficient (Wildman–Crippen LogP) is 6.12. The quantitative estimate of drug-likeness (QED) is 0.271. The summed E-state index contributed by atoms with van der Waals surface area (Å²) in [5.74, 6) is 0.539. The van der Waals surface area contributed by atoms with Gasteiger partial charge in [-0.3, -0.25) is 4.98 Å². The molecule has 0 spiro atoms. The summed E-state index contributed by atoms with van der Waals surface area (Å²) in [6.07, 6.45) is -1.46. The van der Waals surface area contributed by atoms with Crippen LogP contribution in [0.4, 0.5) is 4.79 Å². The van der Waals surface area contributed by atoms with Crippen molar-refractivity contribution >= 4 is 12.1 Å². The molecule has 0 aliphatic carbocycles. The zero-order valence-corrected chi connectivity index (χ0v) is 25.8. The van der Waals surface area contributed by atoms with Crippen LogP contribution in [0, 0.1) is 13.8 Å². The van der Waals surface area contributed by atoms with Gasteiger partial charge in [0.05, 0.1) is 24.9 Å². The number of ether oxygens (including phenoxy) is 4. The molecule has 1 unspecified atom stereocenters. The molecule has 0 radical (unpaired) electrons. The van der Waals surface area contributed by atoms with Gasteiger partial charge in [0.25, 0.3) is 0 Å². The lowest BCUT2D eigenvalue weighted by molar-refractivity contribution is 0.00161. The van der Waals surface area contributed by atoms with Crippen LogP contribution in [-0.4, -0.2) is 65.1 Å². The minimum absolute atomic E-state index is 0.0482. The summed E-state index contributed by atoms with van der Waals surface area (Å²) in [6, 6.07) is 16.7. The molecule has 0 aliphatic rings. The van der Waals surface area contributed by atoms with Crippen LogP contribution in [0.25, 0.3) is 11.1 Å². The van der Waals surface area contributed by atoms with E-state index in [1.54, 1.807) is 39.0 Å². The Morgan fingerprint density at radius 3 is 2.29 bits per heavy atom. The number of aliphatic hydroxyl groups is 1. The molecule has 0 saturated heterocycles. The van der Waals surface area contributed by atoms with Crippen molar-refractivity contribution in [2.24, 2.45) is 0 Å². The lowest BCUT2D eigenvalue weighted by atomic mass is 9.99. The second-order valence-electron chi connectivity index (χ2n) is 11.4. The largest absolute Gasteiger partial charge is 0.485 e. The normalized spacial score (nSPS) is 12.0. The van der Waals surface area contributed by atoms with Gasteiger partial charge in [-0.15, -0.1) is 0 Å². The molecule has 1 N–H and O–H groups in total. The van der Waals surface area contributed by atoms with E-state index >= 15 is 0 Å². The van der Waals surface area contributed by atoms with Gasteiger partial charge in [-0.25, -0.2) is 9.59 Å². The van der Waals surface area contributed by atoms with Gasteiger partial charge in [-0.2, -0.15) is 0 Å². The van der Waals surface area contributed by atoms with E-state index in [9.17, 15) is 14.7 Å². The SMILES string of the molecule is COC(=O)c1ccccc1-c1ccc(COc2cc(C)nc(C)c2OCC(O)CN(C(=O)OC(C)(C)C)C(C)C)cc1. The summed E-state index contributed by atoms with van der Waals surface area (Å²) in [6.45, 7) is 13.1. The Kier molecular flexibility index (Phi) is 10.9. The van der Waals surface area contributed by atoms with E-state index in [1.807, 2.05) is 64.1 Å². The zero-order chi connectivity index (χ0) is 31.0. The Labute approximate surface area is 248 Å². The van der Waals surface area contributed by atoms with E-state index < -0.39 is 17.8 Å². The first-order valence-corrected chi connectivity index (χ1v) is 14.0. The fourth-order valence-corrected chi connectivity index (χ4v) is 4.30. The van der Waals surface area contributed by atoms with Crippen molar-refractivity contribution in [1.29, 1.82) is 0 Å². The minimum atomic E-state index is -0.964. The number of pyridine rings is 1. The number of carbonyl (C=O) groups excluding carboxylic acids is 2. The third kappa shape index (κ3) is 8.94. The third-order valence-corrected chi connectivity index (χ3v) is 6.31. The number of amides is 1. The van der Waals surface area contributed by atoms with E-state index in [4.69, 9.17) is 18.9 Å². The second-order valence-corrected chi connectivity index (χ2v) is 11.4. The summed E-state index contributed by atoms with van der Waals surface area (Å²) in [4.78, 5) is 30.8. The van der Waals surface area contributed by atoms with E-state index in [2.05, 4.69) is 4.98 Å². The number of aliphatic hydroxyl groups excluding tert-OH is 1. The van der Waals surface area contributed by atoms with Crippen LogP contribution in [0.15, 0.2) is 54.6 Å². The standard InChI is InChI=1S/C33H42N2O7/c1-21(2)35(32(38)42-33(5,6)7)18-26(36)20-41-30-23(4)34-22(3)17-29(30)40-19-24-13-15-25(16-14-24)27-11-9-10-12-28(27)31(37)39-8/h9-17,21,26,36H,18-20H2,1-8H3. The molecular formula is C33H42N2O7. The molecule has 0 aliphatic heterocycles. The first-order chi connectivity index (χ1) is 19.8. The van der Waals surface area contributed by atoms with Gasteiger partial charge in [-0.1, -0.05) is 42.5 Å². The van der Waals surface area contributed by atoms with Gasteiger partial charge in [0.15, 0.2) is 11.5 Å². The Balaban J connectivity index is 1.69. The molecule has 1 aromatic heterocycles. The van der Waals surface area contributed by atoms with E-state index in [0.29, 0.717) is 22.8 Å². The number of methoxy groups -OCH3 is 1. The van der Waals surface area contributed by atoms with Crippen molar-refractivity contribution in [3.8, 4) is 22.6 Å². The molecule has 1 heterocycles. The number of aryl methyl sites for hydroxylation is 2. The van der Waals surface area contributed by atoms with Crippen LogP contribution in [0.3, 0.4) is 0 Å². The van der Waals surface area contributed by atoms with E-state index in [1.165, 1.54) is 12.0 Å². The molecular weight excluding hydrogens is 536 g/mol. The van der Waals surface area contributed by atoms with Crippen LogP contribution in [-0.2, 0) is 16.1 Å². The van der Waals surface area contributed by atoms with Gasteiger partial charge in [0, 0.05) is 17.8 Å². The monoisotopic (exact) mass is 578 g/mol. The number of benzene rings is 2. The van der Waals surface area contributed by atoms with Crippen LogP contribution in [0.2, 0.25) is 0 Å². The molecule has 2 aromatic carbocycles. The molecule has 9 heteroatoms. The van der Waals surface area contributed by atoms with Crippen molar-refractivity contribution in [3.63, 3.8) is 0 Å². The molecule has 0 bridgehead atoms. The summed E-state index contributed by atoms with van der Waals surface area (Å²) in [7, 11) is 1.37. The maximum atomic E-state index is 12.6. The molecule has 1 amide bonds. The fraction of sp³-hybridized carbons (Fsp3) is 0.424. The maximum absolute atomic E-state index is 12.6. The number of hydrogen-bond donors (Lipinski definition) is 1. The molecule has 1 atom stereocenters. The summed E-state index contributed by atoms with van der Waals surface area (Å²) >= 11 is 0. The third-order valence-electron chi connectivity index (χ3n) is 6.31. The smallest absolute Gasteiger partial charge is 0.410 e. The van der Waals surface area contributed by atoms with Crippen LogP contribution in [0.5, 0.6) is 11.5 Å². The molecule has 3 aromatic rings. The van der Waals surface area contributed by atoms with Crippen LogP contribution in [0.1, 0.15) is 61.9 Å². The Hall–Kier alpha value is -4.11. The number of esters is 1. The number of carbonyl (C=O) groups is 2. The highest BCUT2D eigenvalue weighted by Gasteiger charge is 2.26. The number of hydrogen-bond acceptors (Lipinski definition) is 8. The molecule has 226 valence electrons. The lowest BCUT2D eigenvalue weighted by Gasteiger charge is -2.31. The van der Waals surface area contributed by atoms with Gasteiger partial charge in [0.2, 0.25) is 0 Å². The molecule has 0 saturated carbocycles. The van der Waals surface area contributed by atoms with Crippen LogP contribution < -0.4 is 9.47 Å². The topological polar surface area (TPSA) is 107 Å².